The maximum absolute atomic E-state index is 12.1. The van der Waals surface area contributed by atoms with Gasteiger partial charge in [0.25, 0.3) is 0 Å². The number of hydrogen-bond acceptors (Lipinski definition) is 7. The molecule has 0 spiro atoms. The summed E-state index contributed by atoms with van der Waals surface area (Å²) in [5.74, 6) is 2.03. The number of rotatable bonds is 9. The van der Waals surface area contributed by atoms with Gasteiger partial charge in [-0.05, 0) is 30.7 Å². The molecule has 0 radical (unpaired) electrons. The lowest BCUT2D eigenvalue weighted by atomic mass is 10.3. The molecule has 3 aromatic rings. The van der Waals surface area contributed by atoms with Crippen LogP contribution in [0.1, 0.15) is 31.1 Å². The van der Waals surface area contributed by atoms with E-state index >= 15 is 0 Å². The summed E-state index contributed by atoms with van der Waals surface area (Å²) in [5, 5.41) is 11.3. The van der Waals surface area contributed by atoms with Crippen molar-refractivity contribution < 1.29 is 4.79 Å². The van der Waals surface area contributed by atoms with E-state index in [9.17, 15) is 4.79 Å². The van der Waals surface area contributed by atoms with Crippen molar-refractivity contribution >= 4 is 45.9 Å². The molecule has 0 bridgehead atoms. The molecule has 0 aromatic carbocycles. The van der Waals surface area contributed by atoms with Crippen molar-refractivity contribution in [3.8, 4) is 0 Å². The average Bonchev–Trinajstić information content (AvgIpc) is 3.48. The fraction of sp³-hybridized carbons (Fsp3) is 0.500. The number of carbonyl (C=O) groups is 1. The summed E-state index contributed by atoms with van der Waals surface area (Å²) >= 11 is 3.30. The minimum absolute atomic E-state index is 0.0375. The largest absolute Gasteiger partial charge is 0.356 e. The standard InChI is InChI=1S/C20H26N6OS2/c1-2-11-29-20-23-18(25-8-3-4-9-25)16-14-22-26(19(16)24-20)10-7-21-17(27)13-15-6-5-12-28-15/h5-6,12,14H,2-4,7-11,13H2,1H3,(H,21,27). The fourth-order valence-corrected chi connectivity index (χ4v) is 4.84. The van der Waals surface area contributed by atoms with Gasteiger partial charge < -0.3 is 10.2 Å². The van der Waals surface area contributed by atoms with Gasteiger partial charge in [-0.25, -0.2) is 14.6 Å². The second-order valence-corrected chi connectivity index (χ2v) is 9.18. The predicted molar refractivity (Wildman–Crippen MR) is 119 cm³/mol. The van der Waals surface area contributed by atoms with E-state index in [2.05, 4.69) is 22.2 Å². The third-order valence-electron chi connectivity index (χ3n) is 4.86. The Kier molecular flexibility index (Phi) is 6.66. The highest BCUT2D eigenvalue weighted by molar-refractivity contribution is 7.99. The Morgan fingerprint density at radius 3 is 2.93 bits per heavy atom. The van der Waals surface area contributed by atoms with Crippen LogP contribution in [-0.4, -0.2) is 51.0 Å². The summed E-state index contributed by atoms with van der Waals surface area (Å²) in [6.07, 6.45) is 5.78. The van der Waals surface area contributed by atoms with Crippen LogP contribution in [0.4, 0.5) is 5.82 Å². The molecular weight excluding hydrogens is 404 g/mol. The summed E-state index contributed by atoms with van der Waals surface area (Å²) in [7, 11) is 0. The Morgan fingerprint density at radius 2 is 2.17 bits per heavy atom. The first kappa shape index (κ1) is 20.2. The minimum Gasteiger partial charge on any atom is -0.356 e. The molecule has 0 aliphatic carbocycles. The molecular formula is C20H26N6OS2. The van der Waals surface area contributed by atoms with Crippen molar-refractivity contribution in [1.82, 2.24) is 25.1 Å². The van der Waals surface area contributed by atoms with E-state index in [4.69, 9.17) is 9.97 Å². The lowest BCUT2D eigenvalue weighted by Crippen LogP contribution is -2.28. The highest BCUT2D eigenvalue weighted by atomic mass is 32.2. The second kappa shape index (κ2) is 9.58. The van der Waals surface area contributed by atoms with Crippen molar-refractivity contribution in [1.29, 1.82) is 0 Å². The quantitative estimate of drug-likeness (QED) is 0.414. The van der Waals surface area contributed by atoms with Gasteiger partial charge in [-0.15, -0.1) is 11.3 Å². The van der Waals surface area contributed by atoms with E-state index in [1.165, 1.54) is 12.8 Å². The lowest BCUT2D eigenvalue weighted by molar-refractivity contribution is -0.120. The summed E-state index contributed by atoms with van der Waals surface area (Å²) in [4.78, 5) is 25.2. The Morgan fingerprint density at radius 1 is 1.31 bits per heavy atom. The van der Waals surface area contributed by atoms with E-state index in [0.29, 0.717) is 19.5 Å². The summed E-state index contributed by atoms with van der Waals surface area (Å²) in [6, 6.07) is 3.95. The van der Waals surface area contributed by atoms with Crippen LogP contribution >= 0.6 is 23.1 Å². The molecule has 0 saturated carbocycles. The third kappa shape index (κ3) is 4.90. The predicted octanol–water partition coefficient (Wildman–Crippen LogP) is 3.35. The number of hydrogen-bond donors (Lipinski definition) is 1. The first-order chi connectivity index (χ1) is 14.2. The number of nitrogens with zero attached hydrogens (tertiary/aromatic N) is 5. The topological polar surface area (TPSA) is 75.9 Å². The zero-order valence-corrected chi connectivity index (χ0v) is 18.3. The number of amides is 1. The summed E-state index contributed by atoms with van der Waals surface area (Å²) in [5.41, 5.74) is 0.855. The van der Waals surface area contributed by atoms with Crippen molar-refractivity contribution in [3.05, 3.63) is 28.6 Å². The third-order valence-corrected chi connectivity index (χ3v) is 6.79. The van der Waals surface area contributed by atoms with E-state index in [1.54, 1.807) is 23.1 Å². The fourth-order valence-electron chi connectivity index (χ4n) is 3.45. The Balaban J connectivity index is 1.48. The molecule has 4 heterocycles. The normalized spacial score (nSPS) is 14.0. The number of carbonyl (C=O) groups excluding carboxylic acids is 1. The van der Waals surface area contributed by atoms with Crippen LogP contribution in [0.15, 0.2) is 28.9 Å². The molecule has 0 unspecified atom stereocenters. The number of nitrogens with one attached hydrogen (secondary N) is 1. The van der Waals surface area contributed by atoms with Gasteiger partial charge in [-0.2, -0.15) is 5.10 Å². The average molecular weight is 431 g/mol. The van der Waals surface area contributed by atoms with E-state index in [0.717, 1.165) is 52.1 Å². The highest BCUT2D eigenvalue weighted by Crippen LogP contribution is 2.29. The van der Waals surface area contributed by atoms with Crippen molar-refractivity contribution in [2.45, 2.75) is 44.3 Å². The van der Waals surface area contributed by atoms with Gasteiger partial charge in [0.05, 0.1) is 24.5 Å². The van der Waals surface area contributed by atoms with E-state index in [1.807, 2.05) is 28.4 Å². The first-order valence-electron chi connectivity index (χ1n) is 10.1. The van der Waals surface area contributed by atoms with Crippen LogP contribution in [0.3, 0.4) is 0 Å². The molecule has 154 valence electrons. The number of anilines is 1. The smallest absolute Gasteiger partial charge is 0.225 e. The van der Waals surface area contributed by atoms with Gasteiger partial charge in [-0.1, -0.05) is 24.8 Å². The Bertz CT molecular complexity index is 949. The van der Waals surface area contributed by atoms with Gasteiger partial charge in [0.2, 0.25) is 5.91 Å². The molecule has 1 aliphatic rings. The summed E-state index contributed by atoms with van der Waals surface area (Å²) in [6.45, 7) is 5.35. The molecule has 1 saturated heterocycles. The van der Waals surface area contributed by atoms with Crippen LogP contribution in [0.5, 0.6) is 0 Å². The van der Waals surface area contributed by atoms with Gasteiger partial charge in [0, 0.05) is 30.3 Å². The minimum atomic E-state index is 0.0375. The first-order valence-corrected chi connectivity index (χ1v) is 12.0. The number of aromatic nitrogens is 4. The molecule has 1 amide bonds. The summed E-state index contributed by atoms with van der Waals surface area (Å²) < 4.78 is 1.89. The Labute approximate surface area is 178 Å². The monoisotopic (exact) mass is 430 g/mol. The van der Waals surface area contributed by atoms with Crippen LogP contribution in [0.25, 0.3) is 11.0 Å². The van der Waals surface area contributed by atoms with Crippen molar-refractivity contribution in [3.63, 3.8) is 0 Å². The van der Waals surface area contributed by atoms with Gasteiger partial charge in [-0.3, -0.25) is 4.79 Å². The maximum atomic E-state index is 12.1. The molecule has 1 N–H and O–H groups in total. The lowest BCUT2D eigenvalue weighted by Gasteiger charge is -2.18. The Hall–Kier alpha value is -2.13. The number of thiophene rings is 1. The van der Waals surface area contributed by atoms with Crippen LogP contribution in [0, 0.1) is 0 Å². The van der Waals surface area contributed by atoms with Crippen LogP contribution in [0.2, 0.25) is 0 Å². The van der Waals surface area contributed by atoms with Crippen LogP contribution in [-0.2, 0) is 17.8 Å². The molecule has 9 heteroatoms. The van der Waals surface area contributed by atoms with E-state index < -0.39 is 0 Å². The van der Waals surface area contributed by atoms with Gasteiger partial charge in [0.1, 0.15) is 5.82 Å². The molecule has 29 heavy (non-hydrogen) atoms. The molecule has 7 nitrogen and oxygen atoms in total. The number of thioether (sulfide) groups is 1. The molecule has 4 rings (SSSR count). The molecule has 1 aliphatic heterocycles. The maximum Gasteiger partial charge on any atom is 0.225 e. The molecule has 3 aromatic heterocycles. The van der Waals surface area contributed by atoms with Crippen LogP contribution < -0.4 is 10.2 Å². The van der Waals surface area contributed by atoms with Gasteiger partial charge in [0.15, 0.2) is 10.8 Å². The molecule has 1 fully saturated rings. The zero-order valence-electron chi connectivity index (χ0n) is 16.6. The molecule has 0 atom stereocenters. The van der Waals surface area contributed by atoms with Gasteiger partial charge >= 0.3 is 0 Å². The zero-order chi connectivity index (χ0) is 20.1. The van der Waals surface area contributed by atoms with Crippen molar-refractivity contribution in [2.75, 3.05) is 30.3 Å². The SMILES string of the molecule is CCCSc1nc(N2CCCC2)c2cnn(CCNC(=O)Cc3cccs3)c2n1. The van der Waals surface area contributed by atoms with E-state index in [-0.39, 0.29) is 5.91 Å². The number of fused-ring (bicyclic) bond motifs is 1. The highest BCUT2D eigenvalue weighted by Gasteiger charge is 2.20. The van der Waals surface area contributed by atoms with Crippen molar-refractivity contribution in [2.24, 2.45) is 0 Å². The second-order valence-electron chi connectivity index (χ2n) is 7.08.